The Bertz CT molecular complexity index is 765. The Labute approximate surface area is 122 Å². The molecule has 2 aromatic rings. The van der Waals surface area contributed by atoms with Gasteiger partial charge in [-0.25, -0.2) is 4.98 Å². The van der Waals surface area contributed by atoms with Gasteiger partial charge in [-0.2, -0.15) is 0 Å². The number of carbonyl (C=O) groups is 1. The molecule has 1 N–H and O–H groups in total. The van der Waals surface area contributed by atoms with Crippen molar-refractivity contribution in [2.45, 2.75) is 19.6 Å². The van der Waals surface area contributed by atoms with Crippen molar-refractivity contribution >= 4 is 5.91 Å². The molecule has 0 radical (unpaired) electrons. The first-order chi connectivity index (χ1) is 10.1. The highest BCUT2D eigenvalue weighted by atomic mass is 16.3. The molecule has 1 atom stereocenters. The van der Waals surface area contributed by atoms with Crippen molar-refractivity contribution in [1.29, 1.82) is 0 Å². The molecule has 3 rings (SSSR count). The van der Waals surface area contributed by atoms with Gasteiger partial charge in [-0.15, -0.1) is 0 Å². The molecular formula is C16H15N3O2. The van der Waals surface area contributed by atoms with Gasteiger partial charge in [0.05, 0.1) is 23.5 Å². The number of para-hydroxylation sites is 1. The van der Waals surface area contributed by atoms with E-state index in [1.54, 1.807) is 25.2 Å². The standard InChI is InChI=1S/C16H15N3O2/c1-11(20)7-8-13-15-9-18(2)16(21)12-5-3-4-6-14(12)19(15)10-17-13/h3-6,10-11,20H,9H2,1-2H3. The van der Waals surface area contributed by atoms with Crippen molar-refractivity contribution < 1.29 is 9.90 Å². The first kappa shape index (κ1) is 13.4. The normalized spacial score (nSPS) is 14.6. The van der Waals surface area contributed by atoms with Crippen LogP contribution in [0.5, 0.6) is 0 Å². The third-order valence-corrected chi connectivity index (χ3v) is 3.39. The zero-order chi connectivity index (χ0) is 15.0. The molecule has 2 heterocycles. The molecule has 1 aromatic heterocycles. The Hall–Kier alpha value is -2.58. The number of nitrogens with zero attached hydrogens (tertiary/aromatic N) is 3. The second-order valence-electron chi connectivity index (χ2n) is 5.03. The van der Waals surface area contributed by atoms with Gasteiger partial charge in [0.15, 0.2) is 0 Å². The number of aliphatic hydroxyl groups is 1. The minimum absolute atomic E-state index is 0.0243. The summed E-state index contributed by atoms with van der Waals surface area (Å²) in [5, 5.41) is 9.29. The molecule has 5 nitrogen and oxygen atoms in total. The lowest BCUT2D eigenvalue weighted by atomic mass is 10.1. The molecule has 0 fully saturated rings. The van der Waals surface area contributed by atoms with Crippen LogP contribution < -0.4 is 0 Å². The maximum atomic E-state index is 12.4. The molecular weight excluding hydrogens is 266 g/mol. The lowest BCUT2D eigenvalue weighted by molar-refractivity contribution is 0.0788. The lowest BCUT2D eigenvalue weighted by Gasteiger charge is -2.13. The molecule has 1 unspecified atom stereocenters. The third-order valence-electron chi connectivity index (χ3n) is 3.39. The molecule has 21 heavy (non-hydrogen) atoms. The molecule has 1 aliphatic heterocycles. The van der Waals surface area contributed by atoms with E-state index in [0.717, 1.165) is 11.4 Å². The summed E-state index contributed by atoms with van der Waals surface area (Å²) in [5.41, 5.74) is 2.89. The van der Waals surface area contributed by atoms with E-state index < -0.39 is 6.10 Å². The number of hydrogen-bond acceptors (Lipinski definition) is 3. The van der Waals surface area contributed by atoms with Gasteiger partial charge in [-0.05, 0) is 25.0 Å². The molecule has 5 heteroatoms. The van der Waals surface area contributed by atoms with Crippen LogP contribution >= 0.6 is 0 Å². The quantitative estimate of drug-likeness (QED) is 0.738. The van der Waals surface area contributed by atoms with Crippen LogP contribution in [0.3, 0.4) is 0 Å². The maximum Gasteiger partial charge on any atom is 0.256 e. The Morgan fingerprint density at radius 3 is 2.90 bits per heavy atom. The molecule has 0 bridgehead atoms. The minimum atomic E-state index is -0.709. The molecule has 1 aliphatic rings. The van der Waals surface area contributed by atoms with Crippen molar-refractivity contribution in [3.8, 4) is 17.5 Å². The van der Waals surface area contributed by atoms with Crippen molar-refractivity contribution in [2.75, 3.05) is 7.05 Å². The van der Waals surface area contributed by atoms with Crippen LogP contribution in [0.15, 0.2) is 30.6 Å². The molecule has 0 aliphatic carbocycles. The molecule has 0 saturated heterocycles. The molecule has 0 saturated carbocycles. The number of imidazole rings is 1. The fourth-order valence-corrected chi connectivity index (χ4v) is 2.38. The van der Waals surface area contributed by atoms with E-state index in [4.69, 9.17) is 0 Å². The summed E-state index contributed by atoms with van der Waals surface area (Å²) in [6.45, 7) is 2.03. The van der Waals surface area contributed by atoms with Gasteiger partial charge in [0.25, 0.3) is 5.91 Å². The van der Waals surface area contributed by atoms with E-state index in [1.165, 1.54) is 0 Å². The number of aliphatic hydroxyl groups excluding tert-OH is 1. The number of fused-ring (bicyclic) bond motifs is 3. The first-order valence-electron chi connectivity index (χ1n) is 6.68. The van der Waals surface area contributed by atoms with Gasteiger partial charge < -0.3 is 10.0 Å². The van der Waals surface area contributed by atoms with E-state index in [-0.39, 0.29) is 5.91 Å². The number of carbonyl (C=O) groups excluding carboxylic acids is 1. The van der Waals surface area contributed by atoms with Crippen LogP contribution in [0.4, 0.5) is 0 Å². The zero-order valence-corrected chi connectivity index (χ0v) is 11.9. The zero-order valence-electron chi connectivity index (χ0n) is 11.9. The van der Waals surface area contributed by atoms with Gasteiger partial charge in [0.2, 0.25) is 0 Å². The van der Waals surface area contributed by atoms with Gasteiger partial charge in [-0.1, -0.05) is 18.1 Å². The Morgan fingerprint density at radius 2 is 2.14 bits per heavy atom. The Morgan fingerprint density at radius 1 is 1.38 bits per heavy atom. The van der Waals surface area contributed by atoms with E-state index in [1.807, 2.05) is 28.8 Å². The lowest BCUT2D eigenvalue weighted by Crippen LogP contribution is -2.25. The van der Waals surface area contributed by atoms with Crippen molar-refractivity contribution in [3.05, 3.63) is 47.5 Å². The van der Waals surface area contributed by atoms with E-state index in [9.17, 15) is 9.90 Å². The fourth-order valence-electron chi connectivity index (χ4n) is 2.38. The molecule has 106 valence electrons. The number of rotatable bonds is 0. The van der Waals surface area contributed by atoms with E-state index in [2.05, 4.69) is 16.8 Å². The van der Waals surface area contributed by atoms with Crippen molar-refractivity contribution in [1.82, 2.24) is 14.5 Å². The summed E-state index contributed by atoms with van der Waals surface area (Å²) < 4.78 is 1.89. The summed E-state index contributed by atoms with van der Waals surface area (Å²) in [6.07, 6.45) is 0.965. The smallest absolute Gasteiger partial charge is 0.256 e. The van der Waals surface area contributed by atoms with Gasteiger partial charge in [-0.3, -0.25) is 9.36 Å². The summed E-state index contributed by atoms with van der Waals surface area (Å²) in [7, 11) is 1.76. The van der Waals surface area contributed by atoms with E-state index >= 15 is 0 Å². The van der Waals surface area contributed by atoms with Crippen molar-refractivity contribution in [2.24, 2.45) is 0 Å². The molecule has 1 amide bonds. The summed E-state index contributed by atoms with van der Waals surface area (Å²) in [6, 6.07) is 7.44. The largest absolute Gasteiger partial charge is 0.381 e. The van der Waals surface area contributed by atoms with E-state index in [0.29, 0.717) is 17.8 Å². The highest BCUT2D eigenvalue weighted by Gasteiger charge is 2.25. The summed E-state index contributed by atoms with van der Waals surface area (Å²) >= 11 is 0. The minimum Gasteiger partial charge on any atom is -0.381 e. The SMILES string of the molecule is CC(O)C#Cc1ncn2c1CN(C)C(=O)c1ccccc1-2. The Kier molecular flexibility index (Phi) is 3.24. The monoisotopic (exact) mass is 281 g/mol. The van der Waals surface area contributed by atoms with Crippen LogP contribution in [0.25, 0.3) is 5.69 Å². The van der Waals surface area contributed by atoms with Gasteiger partial charge in [0, 0.05) is 7.05 Å². The predicted molar refractivity (Wildman–Crippen MR) is 77.9 cm³/mol. The molecule has 1 aromatic carbocycles. The number of amides is 1. The van der Waals surface area contributed by atoms with Gasteiger partial charge in [0.1, 0.15) is 18.1 Å². The van der Waals surface area contributed by atoms with Crippen LogP contribution in [-0.4, -0.2) is 38.6 Å². The highest BCUT2D eigenvalue weighted by molar-refractivity contribution is 5.98. The molecule has 0 spiro atoms. The number of benzene rings is 1. The predicted octanol–water partition coefficient (Wildman–Crippen LogP) is 1.19. The van der Waals surface area contributed by atoms with Crippen LogP contribution in [-0.2, 0) is 6.54 Å². The maximum absolute atomic E-state index is 12.4. The number of aromatic nitrogens is 2. The fraction of sp³-hybridized carbons (Fsp3) is 0.250. The van der Waals surface area contributed by atoms with Crippen LogP contribution in [0.2, 0.25) is 0 Å². The second-order valence-corrected chi connectivity index (χ2v) is 5.03. The summed E-state index contributed by atoms with van der Waals surface area (Å²) in [5.74, 6) is 5.55. The number of hydrogen-bond donors (Lipinski definition) is 1. The van der Waals surface area contributed by atoms with Gasteiger partial charge >= 0.3 is 0 Å². The summed E-state index contributed by atoms with van der Waals surface area (Å²) in [4.78, 5) is 18.4. The first-order valence-corrected chi connectivity index (χ1v) is 6.68. The Balaban J connectivity index is 2.19. The van der Waals surface area contributed by atoms with Crippen LogP contribution in [0, 0.1) is 11.8 Å². The topological polar surface area (TPSA) is 58.4 Å². The average molecular weight is 281 g/mol. The van der Waals surface area contributed by atoms with Crippen molar-refractivity contribution in [3.63, 3.8) is 0 Å². The second kappa shape index (κ2) is 5.08. The third kappa shape index (κ3) is 2.30. The highest BCUT2D eigenvalue weighted by Crippen LogP contribution is 2.24. The van der Waals surface area contributed by atoms with Crippen LogP contribution in [0.1, 0.15) is 28.7 Å². The average Bonchev–Trinajstić information content (AvgIpc) is 2.82.